The Hall–Kier alpha value is -1.90. The van der Waals surface area contributed by atoms with E-state index in [1.54, 1.807) is 0 Å². The van der Waals surface area contributed by atoms with Gasteiger partial charge in [0.2, 0.25) is 0 Å². The number of nitrogens with one attached hydrogen (secondary N) is 1. The Morgan fingerprint density at radius 3 is 2.64 bits per heavy atom. The van der Waals surface area contributed by atoms with Crippen molar-refractivity contribution in [3.8, 4) is 5.69 Å². The molecule has 0 bridgehead atoms. The molecular weight excluding hydrogens is 317 g/mol. The maximum atomic E-state index is 13.1. The molecule has 1 unspecified atom stereocenters. The van der Waals surface area contributed by atoms with Crippen LogP contribution in [0.15, 0.2) is 29.6 Å². The normalized spacial score (nSPS) is 18.2. The van der Waals surface area contributed by atoms with Crippen LogP contribution >= 0.6 is 0 Å². The van der Waals surface area contributed by atoms with E-state index in [0.717, 1.165) is 10.9 Å². The first-order valence-corrected chi connectivity index (χ1v) is 8.50. The van der Waals surface area contributed by atoms with Crippen molar-refractivity contribution in [3.63, 3.8) is 0 Å². The largest absolute Gasteiger partial charge is 0.419 e. The zero-order valence-electron chi connectivity index (χ0n) is 11.6. The second-order valence-corrected chi connectivity index (χ2v) is 7.45. The van der Waals surface area contributed by atoms with Crippen molar-refractivity contribution in [3.05, 3.63) is 35.8 Å². The Morgan fingerprint density at radius 1 is 1.41 bits per heavy atom. The molecule has 9 heteroatoms. The molecule has 0 aliphatic heterocycles. The molecule has 0 aromatic carbocycles. The number of hydrogen-bond donors (Lipinski definition) is 1. The summed E-state index contributed by atoms with van der Waals surface area (Å²) < 4.78 is 59.6. The van der Waals surface area contributed by atoms with E-state index in [-0.39, 0.29) is 16.6 Å². The van der Waals surface area contributed by atoms with E-state index >= 15 is 0 Å². The maximum Gasteiger partial charge on any atom is 0.419 e. The first kappa shape index (κ1) is 15.0. The molecule has 1 atom stereocenters. The average Bonchev–Trinajstić information content (AvgIpc) is 3.15. The first-order chi connectivity index (χ1) is 10.2. The Labute approximate surface area is 125 Å². The van der Waals surface area contributed by atoms with Crippen LogP contribution in [0.2, 0.25) is 0 Å². The van der Waals surface area contributed by atoms with Gasteiger partial charge in [0.05, 0.1) is 26.7 Å². The molecule has 118 valence electrons. The van der Waals surface area contributed by atoms with Crippen LogP contribution in [0.4, 0.5) is 13.2 Å². The third kappa shape index (κ3) is 2.85. The van der Waals surface area contributed by atoms with Crippen LogP contribution < -0.4 is 0 Å². The quantitative estimate of drug-likeness (QED) is 0.939. The molecule has 0 radical (unpaired) electrons. The Kier molecular flexibility index (Phi) is 3.28. The molecule has 2 aromatic heterocycles. The average molecular weight is 330 g/mol. The van der Waals surface area contributed by atoms with E-state index in [4.69, 9.17) is 4.78 Å². The van der Waals surface area contributed by atoms with Gasteiger partial charge in [-0.1, -0.05) is 0 Å². The SMILES string of the molecule is CS(=N)(=O)c1cc(-n2cc(C(F)(F)F)c(C3CC3)n2)ccn1. The number of rotatable bonds is 3. The number of nitrogens with zero attached hydrogens (tertiary/aromatic N) is 3. The van der Waals surface area contributed by atoms with Crippen molar-refractivity contribution in [2.45, 2.75) is 30.0 Å². The zero-order valence-corrected chi connectivity index (χ0v) is 12.4. The smallest absolute Gasteiger partial charge is 0.248 e. The highest BCUT2D eigenvalue weighted by atomic mass is 32.2. The highest BCUT2D eigenvalue weighted by Gasteiger charge is 2.41. The van der Waals surface area contributed by atoms with E-state index in [0.29, 0.717) is 18.5 Å². The number of alkyl halides is 3. The summed E-state index contributed by atoms with van der Waals surface area (Å²) in [6.07, 6.45) is 0.412. The van der Waals surface area contributed by atoms with Crippen LogP contribution in [0.25, 0.3) is 5.69 Å². The van der Waals surface area contributed by atoms with Gasteiger partial charge in [0.1, 0.15) is 5.03 Å². The molecule has 3 rings (SSSR count). The van der Waals surface area contributed by atoms with Gasteiger partial charge in [0.15, 0.2) is 0 Å². The number of aromatic nitrogens is 3. The molecule has 5 nitrogen and oxygen atoms in total. The molecule has 2 heterocycles. The molecule has 1 aliphatic rings. The van der Waals surface area contributed by atoms with Gasteiger partial charge in [-0.25, -0.2) is 18.7 Å². The Bertz CT molecular complexity index is 822. The minimum atomic E-state index is -4.46. The summed E-state index contributed by atoms with van der Waals surface area (Å²) in [5, 5.41) is 4.06. The fourth-order valence-electron chi connectivity index (χ4n) is 2.15. The van der Waals surface area contributed by atoms with Crippen molar-refractivity contribution < 1.29 is 17.4 Å². The standard InChI is InChI=1S/C13H13F3N4OS/c1-22(17,21)11-6-9(4-5-18-11)20-7-10(13(14,15)16)12(19-20)8-2-3-8/h4-8,17H,2-3H2,1H3. The summed E-state index contributed by atoms with van der Waals surface area (Å²) >= 11 is 0. The van der Waals surface area contributed by atoms with Crippen LogP contribution in [-0.2, 0) is 15.9 Å². The summed E-state index contributed by atoms with van der Waals surface area (Å²) in [5.41, 5.74) is -0.380. The van der Waals surface area contributed by atoms with Crippen LogP contribution in [0.3, 0.4) is 0 Å². The monoisotopic (exact) mass is 330 g/mol. The summed E-state index contributed by atoms with van der Waals surface area (Å²) in [6, 6.07) is 2.80. The van der Waals surface area contributed by atoms with Crippen molar-refractivity contribution in [2.75, 3.05) is 6.26 Å². The van der Waals surface area contributed by atoms with E-state index in [9.17, 15) is 17.4 Å². The molecule has 1 saturated carbocycles. The van der Waals surface area contributed by atoms with Gasteiger partial charge in [0, 0.05) is 24.6 Å². The lowest BCUT2D eigenvalue weighted by atomic mass is 10.2. The minimum Gasteiger partial charge on any atom is -0.248 e. The second-order valence-electron chi connectivity index (χ2n) is 5.34. The van der Waals surface area contributed by atoms with Crippen molar-refractivity contribution >= 4 is 9.73 Å². The van der Waals surface area contributed by atoms with Gasteiger partial charge in [-0.15, -0.1) is 0 Å². The van der Waals surface area contributed by atoms with Gasteiger partial charge in [0.25, 0.3) is 0 Å². The van der Waals surface area contributed by atoms with Crippen LogP contribution in [0.1, 0.15) is 30.0 Å². The predicted molar refractivity (Wildman–Crippen MR) is 73.4 cm³/mol. The molecule has 0 amide bonds. The summed E-state index contributed by atoms with van der Waals surface area (Å²) in [4.78, 5) is 3.84. The van der Waals surface area contributed by atoms with Gasteiger partial charge < -0.3 is 0 Å². The number of halogens is 3. The molecule has 1 aliphatic carbocycles. The highest BCUT2D eigenvalue weighted by Crippen LogP contribution is 2.45. The van der Waals surface area contributed by atoms with Crippen LogP contribution in [0.5, 0.6) is 0 Å². The Morgan fingerprint density at radius 2 is 2.09 bits per heavy atom. The third-order valence-corrected chi connectivity index (χ3v) is 4.42. The molecule has 2 aromatic rings. The van der Waals surface area contributed by atoms with Gasteiger partial charge in [-0.2, -0.15) is 18.3 Å². The predicted octanol–water partition coefficient (Wildman–Crippen LogP) is 3.20. The molecule has 22 heavy (non-hydrogen) atoms. The first-order valence-electron chi connectivity index (χ1n) is 6.53. The Balaban J connectivity index is 2.10. The van der Waals surface area contributed by atoms with Crippen LogP contribution in [-0.4, -0.2) is 25.2 Å². The van der Waals surface area contributed by atoms with E-state index < -0.39 is 21.5 Å². The molecule has 0 saturated heterocycles. The highest BCUT2D eigenvalue weighted by molar-refractivity contribution is 7.91. The number of pyridine rings is 1. The fourth-order valence-corrected chi connectivity index (χ4v) is 2.76. The molecule has 0 spiro atoms. The molecular formula is C13H13F3N4OS. The second kappa shape index (κ2) is 4.80. The van der Waals surface area contributed by atoms with Gasteiger partial charge in [-0.3, -0.25) is 0 Å². The van der Waals surface area contributed by atoms with Crippen molar-refractivity contribution in [1.29, 1.82) is 4.78 Å². The maximum absolute atomic E-state index is 13.1. The summed E-state index contributed by atoms with van der Waals surface area (Å²) in [5.74, 6) is -0.147. The fraction of sp³-hybridized carbons (Fsp3) is 0.385. The minimum absolute atomic E-state index is 0.0158. The van der Waals surface area contributed by atoms with Gasteiger partial charge in [-0.05, 0) is 25.0 Å². The topological polar surface area (TPSA) is 71.6 Å². The zero-order chi connectivity index (χ0) is 16.1. The summed E-state index contributed by atoms with van der Waals surface area (Å²) in [6.45, 7) is 0. The van der Waals surface area contributed by atoms with Crippen molar-refractivity contribution in [2.24, 2.45) is 0 Å². The van der Waals surface area contributed by atoms with E-state index in [2.05, 4.69) is 10.1 Å². The molecule has 1 fully saturated rings. The van der Waals surface area contributed by atoms with Crippen LogP contribution in [0, 0.1) is 4.78 Å². The lowest BCUT2D eigenvalue weighted by molar-refractivity contribution is -0.138. The lowest BCUT2D eigenvalue weighted by Gasteiger charge is -2.05. The lowest BCUT2D eigenvalue weighted by Crippen LogP contribution is -2.06. The third-order valence-electron chi connectivity index (χ3n) is 3.39. The van der Waals surface area contributed by atoms with Crippen molar-refractivity contribution in [1.82, 2.24) is 14.8 Å². The number of hydrogen-bond acceptors (Lipinski definition) is 4. The molecule has 1 N–H and O–H groups in total. The van der Waals surface area contributed by atoms with E-state index in [1.807, 2.05) is 0 Å². The summed E-state index contributed by atoms with van der Waals surface area (Å²) in [7, 11) is -3.04. The van der Waals surface area contributed by atoms with Gasteiger partial charge >= 0.3 is 6.18 Å². The van der Waals surface area contributed by atoms with E-state index in [1.165, 1.54) is 24.6 Å².